The molecule has 3 unspecified atom stereocenters. The summed E-state index contributed by atoms with van der Waals surface area (Å²) < 4.78 is 29.5. The fraction of sp³-hybridized carbons (Fsp3) is 0.697. The zero-order chi connectivity index (χ0) is 32.3. The minimum atomic E-state index is -1.49. The lowest BCUT2D eigenvalue weighted by atomic mass is 9.44. The van der Waals surface area contributed by atoms with E-state index < -0.39 is 71.5 Å². The quantitative estimate of drug-likeness (QED) is 0.141. The maximum Gasteiger partial charge on any atom is 0.309 e. The standard InChI is InChI=1S/C33H48O10/c1-10-13-26(36)42-30-24-16-23(41-29(38)19(5)12-3)17-25-32(9,15-14-18(4)11-2)20(6)27(39-21(7)34)28(37)33(24,25)31(43-30)40-22(8)35/h11,16,19-20,23,25,27-28,30-31,37H,2,4,10,12-15,17H2,1,3,5-9H3/t19?,20-,23+,25+,27+,28?,30+,31-,32-,33?/m0/s1. The zero-order valence-corrected chi connectivity index (χ0v) is 26.6. The summed E-state index contributed by atoms with van der Waals surface area (Å²) in [5.74, 6) is -3.45. The number of ether oxygens (including phenoxy) is 5. The molecule has 3 rings (SSSR count). The molecule has 1 N–H and O–H groups in total. The first-order chi connectivity index (χ1) is 20.2. The van der Waals surface area contributed by atoms with Crippen LogP contribution in [-0.2, 0) is 42.9 Å². The Morgan fingerprint density at radius 2 is 1.77 bits per heavy atom. The van der Waals surface area contributed by atoms with E-state index in [9.17, 15) is 24.3 Å². The number of esters is 4. The van der Waals surface area contributed by atoms with Crippen LogP contribution in [0.15, 0.2) is 36.5 Å². The fourth-order valence-electron chi connectivity index (χ4n) is 7.05. The molecular weight excluding hydrogens is 556 g/mol. The van der Waals surface area contributed by atoms with Gasteiger partial charge in [-0.15, -0.1) is 0 Å². The van der Waals surface area contributed by atoms with Gasteiger partial charge in [-0.3, -0.25) is 23.9 Å². The second-order valence-electron chi connectivity index (χ2n) is 12.5. The van der Waals surface area contributed by atoms with Crippen LogP contribution < -0.4 is 0 Å². The van der Waals surface area contributed by atoms with Gasteiger partial charge in [0.05, 0.1) is 11.3 Å². The highest BCUT2D eigenvalue weighted by Gasteiger charge is 2.74. The van der Waals surface area contributed by atoms with Gasteiger partial charge >= 0.3 is 23.9 Å². The molecule has 1 saturated carbocycles. The first kappa shape index (κ1) is 34.5. The third-order valence-electron chi connectivity index (χ3n) is 9.75. The average Bonchev–Trinajstić information content (AvgIpc) is 3.24. The normalized spacial score (nSPS) is 35.3. The van der Waals surface area contributed by atoms with E-state index in [1.807, 2.05) is 27.7 Å². The molecule has 0 aromatic carbocycles. The number of carbonyl (C=O) groups excluding carboxylic acids is 4. The minimum absolute atomic E-state index is 0.116. The van der Waals surface area contributed by atoms with Crippen molar-refractivity contribution >= 4 is 23.9 Å². The topological polar surface area (TPSA) is 135 Å². The number of allylic oxidation sites excluding steroid dienone is 2. The molecule has 2 fully saturated rings. The predicted molar refractivity (Wildman–Crippen MR) is 157 cm³/mol. The maximum atomic E-state index is 13.0. The molecule has 43 heavy (non-hydrogen) atoms. The minimum Gasteiger partial charge on any atom is -0.459 e. The molecule has 1 heterocycles. The average molecular weight is 605 g/mol. The van der Waals surface area contributed by atoms with Crippen LogP contribution in [0, 0.1) is 28.6 Å². The van der Waals surface area contributed by atoms with Gasteiger partial charge in [-0.25, -0.2) is 0 Å². The van der Waals surface area contributed by atoms with Gasteiger partial charge in [0, 0.05) is 31.8 Å². The van der Waals surface area contributed by atoms with E-state index in [4.69, 9.17) is 23.7 Å². The molecule has 10 nitrogen and oxygen atoms in total. The lowest BCUT2D eigenvalue weighted by Crippen LogP contribution is -2.68. The molecule has 10 heteroatoms. The highest BCUT2D eigenvalue weighted by atomic mass is 16.8. The smallest absolute Gasteiger partial charge is 0.309 e. The third kappa shape index (κ3) is 6.60. The highest BCUT2D eigenvalue weighted by Crippen LogP contribution is 2.67. The van der Waals surface area contributed by atoms with Crippen molar-refractivity contribution in [3.8, 4) is 0 Å². The first-order valence-electron chi connectivity index (χ1n) is 15.3. The van der Waals surface area contributed by atoms with Gasteiger partial charge in [0.25, 0.3) is 0 Å². The molecule has 240 valence electrons. The number of carbonyl (C=O) groups is 4. The van der Waals surface area contributed by atoms with Crippen LogP contribution in [0.4, 0.5) is 0 Å². The van der Waals surface area contributed by atoms with Crippen molar-refractivity contribution < 1.29 is 48.0 Å². The van der Waals surface area contributed by atoms with E-state index in [1.165, 1.54) is 13.8 Å². The monoisotopic (exact) mass is 604 g/mol. The van der Waals surface area contributed by atoms with E-state index in [-0.39, 0.29) is 24.7 Å². The van der Waals surface area contributed by atoms with E-state index in [1.54, 1.807) is 19.1 Å². The molecule has 1 saturated heterocycles. The Bertz CT molecular complexity index is 1140. The van der Waals surface area contributed by atoms with Gasteiger partial charge in [0.2, 0.25) is 12.6 Å². The lowest BCUT2D eigenvalue weighted by Gasteiger charge is -2.62. The summed E-state index contributed by atoms with van der Waals surface area (Å²) in [6.45, 7) is 19.9. The Balaban J connectivity index is 2.30. The number of aliphatic hydroxyl groups is 1. The van der Waals surface area contributed by atoms with Gasteiger partial charge in [0.15, 0.2) is 0 Å². The van der Waals surface area contributed by atoms with Crippen molar-refractivity contribution in [2.75, 3.05) is 0 Å². The molecular formula is C33H48O10. The molecule has 1 aliphatic heterocycles. The summed E-state index contributed by atoms with van der Waals surface area (Å²) in [5.41, 5.74) is -1.07. The Hall–Kier alpha value is -2.98. The van der Waals surface area contributed by atoms with Crippen molar-refractivity contribution in [2.45, 2.75) is 118 Å². The Morgan fingerprint density at radius 3 is 2.33 bits per heavy atom. The largest absolute Gasteiger partial charge is 0.459 e. The van der Waals surface area contributed by atoms with Gasteiger partial charge in [0.1, 0.15) is 18.3 Å². The van der Waals surface area contributed by atoms with Crippen molar-refractivity contribution in [1.29, 1.82) is 0 Å². The van der Waals surface area contributed by atoms with Crippen molar-refractivity contribution in [1.82, 2.24) is 0 Å². The summed E-state index contributed by atoms with van der Waals surface area (Å²) in [6, 6.07) is 0. The van der Waals surface area contributed by atoms with Crippen molar-refractivity contribution in [3.63, 3.8) is 0 Å². The molecule has 0 radical (unpaired) electrons. The summed E-state index contributed by atoms with van der Waals surface area (Å²) >= 11 is 0. The number of aliphatic hydroxyl groups excluding tert-OH is 1. The van der Waals surface area contributed by atoms with Crippen LogP contribution in [0.2, 0.25) is 0 Å². The summed E-state index contributed by atoms with van der Waals surface area (Å²) in [5, 5.41) is 12.3. The second-order valence-corrected chi connectivity index (χ2v) is 12.5. The molecule has 0 amide bonds. The molecule has 0 aromatic heterocycles. The van der Waals surface area contributed by atoms with Gasteiger partial charge in [-0.1, -0.05) is 59.4 Å². The van der Waals surface area contributed by atoms with Gasteiger partial charge in [-0.2, -0.15) is 0 Å². The van der Waals surface area contributed by atoms with Crippen LogP contribution in [0.5, 0.6) is 0 Å². The number of rotatable bonds is 12. The highest BCUT2D eigenvalue weighted by molar-refractivity contribution is 5.72. The Kier molecular flexibility index (Phi) is 11.0. The second kappa shape index (κ2) is 13.8. The number of hydrogen-bond donors (Lipinski definition) is 1. The van der Waals surface area contributed by atoms with Gasteiger partial charge < -0.3 is 24.1 Å². The van der Waals surface area contributed by atoms with Crippen molar-refractivity contribution in [2.24, 2.45) is 28.6 Å². The molecule has 0 bridgehead atoms. The van der Waals surface area contributed by atoms with Gasteiger partial charge in [-0.05, 0) is 49.5 Å². The zero-order valence-electron chi connectivity index (χ0n) is 26.6. The van der Waals surface area contributed by atoms with Crippen LogP contribution in [0.1, 0.15) is 87.0 Å². The summed E-state index contributed by atoms with van der Waals surface area (Å²) in [4.78, 5) is 50.6. The molecule has 10 atom stereocenters. The van der Waals surface area contributed by atoms with E-state index >= 15 is 0 Å². The molecule has 3 aliphatic rings. The van der Waals surface area contributed by atoms with Crippen LogP contribution in [0.3, 0.4) is 0 Å². The van der Waals surface area contributed by atoms with Crippen LogP contribution in [0.25, 0.3) is 0 Å². The lowest BCUT2D eigenvalue weighted by molar-refractivity contribution is -0.276. The maximum absolute atomic E-state index is 13.0. The molecule has 2 aliphatic carbocycles. The van der Waals surface area contributed by atoms with E-state index in [0.29, 0.717) is 31.3 Å². The van der Waals surface area contributed by atoms with Crippen LogP contribution >= 0.6 is 0 Å². The Labute approximate surface area is 254 Å². The Morgan fingerprint density at radius 1 is 1.12 bits per heavy atom. The number of hydrogen-bond acceptors (Lipinski definition) is 10. The molecule has 1 spiro atoms. The van der Waals surface area contributed by atoms with Crippen LogP contribution in [-0.4, -0.2) is 59.9 Å². The summed E-state index contributed by atoms with van der Waals surface area (Å²) in [6.07, 6.45) is 0.00749. The van der Waals surface area contributed by atoms with E-state index in [0.717, 1.165) is 5.57 Å². The predicted octanol–water partition coefficient (Wildman–Crippen LogP) is 4.94. The van der Waals surface area contributed by atoms with E-state index in [2.05, 4.69) is 13.2 Å². The van der Waals surface area contributed by atoms with Crippen molar-refractivity contribution in [3.05, 3.63) is 36.5 Å². The molecule has 0 aromatic rings. The third-order valence-corrected chi connectivity index (χ3v) is 9.75. The first-order valence-corrected chi connectivity index (χ1v) is 15.3. The fourth-order valence-corrected chi connectivity index (χ4v) is 7.05. The SMILES string of the molecule is C=CC(=C)CC[C@@]1(C)[C@@H](C)[C@@H](OC(C)=O)C(O)C23C(=C[C@@H](OC(=O)C(C)CC)C[C@@H]21)[C@H](OC(=O)CCC)O[C@@H]3OC(C)=O. The summed E-state index contributed by atoms with van der Waals surface area (Å²) in [7, 11) is 0.